The highest BCUT2D eigenvalue weighted by Gasteiger charge is 2.15. The van der Waals surface area contributed by atoms with Crippen LogP contribution in [0.3, 0.4) is 0 Å². The van der Waals surface area contributed by atoms with Gasteiger partial charge in [0, 0.05) is 12.0 Å². The number of nitrogens with two attached hydrogens (primary N) is 1. The Balaban J connectivity index is 2.29. The quantitative estimate of drug-likeness (QED) is 0.762. The first-order valence-corrected chi connectivity index (χ1v) is 5.50. The maximum absolute atomic E-state index is 11.7. The van der Waals surface area contributed by atoms with E-state index in [0.717, 1.165) is 0 Å². The van der Waals surface area contributed by atoms with Crippen molar-refractivity contribution in [2.24, 2.45) is 5.73 Å². The van der Waals surface area contributed by atoms with E-state index in [0.29, 0.717) is 43.0 Å². The number of hydrogen-bond donors (Lipinski definition) is 2. The molecule has 5 nitrogen and oxygen atoms in total. The first-order valence-electron chi connectivity index (χ1n) is 5.50. The minimum atomic E-state index is -0.104. The molecule has 0 unspecified atom stereocenters. The second-order valence-electron chi connectivity index (χ2n) is 3.82. The van der Waals surface area contributed by atoms with Gasteiger partial charge in [-0.2, -0.15) is 0 Å². The zero-order valence-corrected chi connectivity index (χ0v) is 9.36. The lowest BCUT2D eigenvalue weighted by molar-refractivity contribution is -0.116. The van der Waals surface area contributed by atoms with Crippen LogP contribution in [0.5, 0.6) is 5.75 Å². The van der Waals surface area contributed by atoms with Gasteiger partial charge in [-0.1, -0.05) is 0 Å². The number of fused-ring (bicyclic) bond motifs is 1. The molecule has 0 aliphatic carbocycles. The normalized spacial score (nSPS) is 14.3. The van der Waals surface area contributed by atoms with E-state index in [9.17, 15) is 9.59 Å². The number of Topliss-reactive ketones (excluding diaryl/α,β-unsaturated/α-hetero) is 1. The van der Waals surface area contributed by atoms with Gasteiger partial charge in [0.1, 0.15) is 5.75 Å². The Morgan fingerprint density at radius 3 is 3.06 bits per heavy atom. The highest BCUT2D eigenvalue weighted by Crippen LogP contribution is 2.28. The van der Waals surface area contributed by atoms with Gasteiger partial charge in [0.25, 0.3) is 0 Å². The maximum atomic E-state index is 11.7. The van der Waals surface area contributed by atoms with Crippen LogP contribution in [0, 0.1) is 0 Å². The molecule has 1 heterocycles. The highest BCUT2D eigenvalue weighted by atomic mass is 16.5. The van der Waals surface area contributed by atoms with Crippen molar-refractivity contribution in [2.75, 3.05) is 18.5 Å². The summed E-state index contributed by atoms with van der Waals surface area (Å²) in [7, 11) is 0. The van der Waals surface area contributed by atoms with E-state index in [2.05, 4.69) is 5.32 Å². The molecule has 2 rings (SSSR count). The van der Waals surface area contributed by atoms with E-state index < -0.39 is 0 Å². The van der Waals surface area contributed by atoms with Crippen molar-refractivity contribution in [3.05, 3.63) is 23.8 Å². The highest BCUT2D eigenvalue weighted by molar-refractivity contribution is 5.99. The number of carbonyl (C=O) groups excluding carboxylic acids is 2. The van der Waals surface area contributed by atoms with Crippen molar-refractivity contribution < 1.29 is 14.3 Å². The van der Waals surface area contributed by atoms with Crippen LogP contribution < -0.4 is 15.8 Å². The van der Waals surface area contributed by atoms with Gasteiger partial charge in [-0.25, -0.2) is 0 Å². The number of rotatable bonds is 3. The Labute approximate surface area is 98.9 Å². The zero-order valence-electron chi connectivity index (χ0n) is 9.36. The summed E-state index contributed by atoms with van der Waals surface area (Å²) in [6, 6.07) is 5.02. The summed E-state index contributed by atoms with van der Waals surface area (Å²) < 4.78 is 5.39. The fraction of sp³-hybridized carbons (Fsp3) is 0.333. The number of anilines is 1. The second-order valence-corrected chi connectivity index (χ2v) is 3.82. The van der Waals surface area contributed by atoms with E-state index in [1.54, 1.807) is 18.2 Å². The Hall–Kier alpha value is -1.88. The number of carbonyl (C=O) groups is 2. The molecule has 1 amide bonds. The Morgan fingerprint density at radius 1 is 1.47 bits per heavy atom. The summed E-state index contributed by atoms with van der Waals surface area (Å²) >= 11 is 0. The van der Waals surface area contributed by atoms with Gasteiger partial charge in [0.2, 0.25) is 5.91 Å². The molecule has 3 N–H and O–H groups in total. The molecule has 0 saturated heterocycles. The number of benzene rings is 1. The number of amides is 1. The smallest absolute Gasteiger partial charge is 0.227 e. The van der Waals surface area contributed by atoms with E-state index in [-0.39, 0.29) is 11.7 Å². The SMILES string of the molecule is NCCC(=O)c1ccc2c(c1)NC(=O)CCO2. The van der Waals surface area contributed by atoms with Crippen molar-refractivity contribution in [1.29, 1.82) is 0 Å². The van der Waals surface area contributed by atoms with E-state index in [1.807, 2.05) is 0 Å². The second kappa shape index (κ2) is 4.97. The maximum Gasteiger partial charge on any atom is 0.227 e. The number of nitrogens with one attached hydrogen (secondary N) is 1. The summed E-state index contributed by atoms with van der Waals surface area (Å²) in [6.45, 7) is 0.674. The van der Waals surface area contributed by atoms with Gasteiger partial charge in [-0.15, -0.1) is 0 Å². The standard InChI is InChI=1S/C12H14N2O3/c13-5-3-10(15)8-1-2-11-9(7-8)14-12(16)4-6-17-11/h1-2,7H,3-6,13H2,(H,14,16). The molecular weight excluding hydrogens is 220 g/mol. The molecule has 0 spiro atoms. The number of ketones is 1. The summed E-state index contributed by atoms with van der Waals surface area (Å²) in [5.74, 6) is 0.459. The molecular formula is C12H14N2O3. The molecule has 0 fully saturated rings. The predicted molar refractivity (Wildman–Crippen MR) is 63.2 cm³/mol. The predicted octanol–water partition coefficient (Wildman–Crippen LogP) is 0.939. The number of ether oxygens (including phenoxy) is 1. The molecule has 1 aromatic rings. The Morgan fingerprint density at radius 2 is 2.29 bits per heavy atom. The molecule has 17 heavy (non-hydrogen) atoms. The van der Waals surface area contributed by atoms with Crippen molar-refractivity contribution in [2.45, 2.75) is 12.8 Å². The third kappa shape index (κ3) is 2.62. The van der Waals surface area contributed by atoms with Crippen LogP contribution in [0.2, 0.25) is 0 Å². The lowest BCUT2D eigenvalue weighted by Gasteiger charge is -2.08. The first-order chi connectivity index (χ1) is 8.20. The molecule has 0 saturated carbocycles. The molecule has 0 atom stereocenters. The van der Waals surface area contributed by atoms with Crippen LogP contribution in [0.4, 0.5) is 5.69 Å². The van der Waals surface area contributed by atoms with E-state index in [4.69, 9.17) is 10.5 Å². The molecule has 0 radical (unpaired) electrons. The minimum Gasteiger partial charge on any atom is -0.491 e. The molecule has 0 aromatic heterocycles. The van der Waals surface area contributed by atoms with E-state index in [1.165, 1.54) is 0 Å². The molecule has 90 valence electrons. The summed E-state index contributed by atoms with van der Waals surface area (Å²) in [5, 5.41) is 2.71. The molecule has 1 aliphatic heterocycles. The number of hydrogen-bond acceptors (Lipinski definition) is 4. The lowest BCUT2D eigenvalue weighted by atomic mass is 10.1. The van der Waals surface area contributed by atoms with Crippen LogP contribution in [0.1, 0.15) is 23.2 Å². The average molecular weight is 234 g/mol. The summed E-state index contributed by atoms with van der Waals surface area (Å²) in [6.07, 6.45) is 0.619. The third-order valence-electron chi connectivity index (χ3n) is 2.53. The largest absolute Gasteiger partial charge is 0.491 e. The molecule has 1 aliphatic rings. The van der Waals surface area contributed by atoms with Gasteiger partial charge in [-0.05, 0) is 24.7 Å². The van der Waals surface area contributed by atoms with Crippen molar-refractivity contribution in [3.63, 3.8) is 0 Å². The fourth-order valence-corrected chi connectivity index (χ4v) is 1.67. The topological polar surface area (TPSA) is 81.4 Å². The van der Waals surface area contributed by atoms with Crippen molar-refractivity contribution in [3.8, 4) is 5.75 Å². The van der Waals surface area contributed by atoms with Gasteiger partial charge in [0.05, 0.1) is 18.7 Å². The van der Waals surface area contributed by atoms with Crippen LogP contribution in [-0.2, 0) is 4.79 Å². The lowest BCUT2D eigenvalue weighted by Crippen LogP contribution is -2.11. The van der Waals surface area contributed by atoms with Gasteiger partial charge in [-0.3, -0.25) is 9.59 Å². The van der Waals surface area contributed by atoms with Gasteiger partial charge >= 0.3 is 0 Å². The average Bonchev–Trinajstić information content (AvgIpc) is 2.49. The van der Waals surface area contributed by atoms with Crippen LogP contribution in [-0.4, -0.2) is 24.8 Å². The summed E-state index contributed by atoms with van der Waals surface area (Å²) in [5.41, 5.74) is 6.43. The van der Waals surface area contributed by atoms with Crippen LogP contribution in [0.25, 0.3) is 0 Å². The Bertz CT molecular complexity index is 457. The van der Waals surface area contributed by atoms with Crippen molar-refractivity contribution in [1.82, 2.24) is 0 Å². The first kappa shape index (κ1) is 11.6. The van der Waals surface area contributed by atoms with Gasteiger partial charge in [0.15, 0.2) is 5.78 Å². The third-order valence-corrected chi connectivity index (χ3v) is 2.53. The van der Waals surface area contributed by atoms with Crippen LogP contribution >= 0.6 is 0 Å². The van der Waals surface area contributed by atoms with Gasteiger partial charge < -0.3 is 15.8 Å². The molecule has 0 bridgehead atoms. The molecule has 1 aromatic carbocycles. The minimum absolute atomic E-state index is 0.0335. The Kier molecular flexibility index (Phi) is 3.39. The zero-order chi connectivity index (χ0) is 12.3. The fourth-order valence-electron chi connectivity index (χ4n) is 1.67. The van der Waals surface area contributed by atoms with Crippen molar-refractivity contribution >= 4 is 17.4 Å². The van der Waals surface area contributed by atoms with Crippen LogP contribution in [0.15, 0.2) is 18.2 Å². The molecule has 5 heteroatoms. The summed E-state index contributed by atoms with van der Waals surface area (Å²) in [4.78, 5) is 23.0. The van der Waals surface area contributed by atoms with E-state index >= 15 is 0 Å². The monoisotopic (exact) mass is 234 g/mol.